The average Bonchev–Trinajstić information content (AvgIpc) is 2.87. The summed E-state index contributed by atoms with van der Waals surface area (Å²) in [5.41, 5.74) is 8.10. The number of nitrogens with one attached hydrogen (secondary N) is 1. The summed E-state index contributed by atoms with van der Waals surface area (Å²) in [7, 11) is 0. The molecule has 142 valence electrons. The van der Waals surface area contributed by atoms with Gasteiger partial charge in [-0.2, -0.15) is 0 Å². The summed E-state index contributed by atoms with van der Waals surface area (Å²) in [6, 6.07) is 18.5. The zero-order valence-electron chi connectivity index (χ0n) is 15.5. The van der Waals surface area contributed by atoms with E-state index in [4.69, 9.17) is 5.73 Å². The predicted octanol–water partition coefficient (Wildman–Crippen LogP) is 2.25. The molecular formula is C22H27N3O2. The Kier molecular flexibility index (Phi) is 6.60. The van der Waals surface area contributed by atoms with Gasteiger partial charge in [-0.05, 0) is 30.4 Å². The Morgan fingerprint density at radius 2 is 1.67 bits per heavy atom. The first-order valence-electron chi connectivity index (χ1n) is 9.57. The topological polar surface area (TPSA) is 75.4 Å². The van der Waals surface area contributed by atoms with Gasteiger partial charge in [0.25, 0.3) is 0 Å². The Labute approximate surface area is 160 Å². The maximum Gasteiger partial charge on any atom is 0.243 e. The molecule has 1 aliphatic heterocycles. The van der Waals surface area contributed by atoms with Crippen molar-refractivity contribution in [3.05, 3.63) is 71.8 Å². The van der Waals surface area contributed by atoms with E-state index in [1.165, 1.54) is 0 Å². The van der Waals surface area contributed by atoms with Crippen molar-refractivity contribution in [2.24, 2.45) is 5.73 Å². The van der Waals surface area contributed by atoms with Crippen LogP contribution in [0.25, 0.3) is 0 Å². The fourth-order valence-corrected chi connectivity index (χ4v) is 3.49. The highest BCUT2D eigenvalue weighted by atomic mass is 16.2. The monoisotopic (exact) mass is 365 g/mol. The first-order valence-corrected chi connectivity index (χ1v) is 9.57. The molecule has 2 aromatic rings. The van der Waals surface area contributed by atoms with Crippen LogP contribution in [0.2, 0.25) is 0 Å². The molecule has 0 unspecified atom stereocenters. The van der Waals surface area contributed by atoms with E-state index < -0.39 is 12.1 Å². The molecule has 1 fully saturated rings. The van der Waals surface area contributed by atoms with E-state index in [1.54, 1.807) is 4.90 Å². The highest BCUT2D eigenvalue weighted by molar-refractivity contribution is 5.90. The molecule has 0 radical (unpaired) electrons. The van der Waals surface area contributed by atoms with Gasteiger partial charge in [0, 0.05) is 19.5 Å². The summed E-state index contributed by atoms with van der Waals surface area (Å²) in [4.78, 5) is 27.5. The molecule has 1 saturated heterocycles. The summed E-state index contributed by atoms with van der Waals surface area (Å²) < 4.78 is 0. The number of hydrogen-bond donors (Lipinski definition) is 2. The van der Waals surface area contributed by atoms with Crippen LogP contribution in [-0.4, -0.2) is 35.3 Å². The second kappa shape index (κ2) is 9.33. The number of carbonyl (C=O) groups excluding carboxylic acids is 2. The summed E-state index contributed by atoms with van der Waals surface area (Å²) in [6.07, 6.45) is 2.95. The predicted molar refractivity (Wildman–Crippen MR) is 106 cm³/mol. The third-order valence-corrected chi connectivity index (χ3v) is 5.02. The van der Waals surface area contributed by atoms with Crippen molar-refractivity contribution in [3.63, 3.8) is 0 Å². The number of likely N-dealkylation sites (tertiary alicyclic amines) is 1. The lowest BCUT2D eigenvalue weighted by Crippen LogP contribution is -2.54. The van der Waals surface area contributed by atoms with E-state index in [2.05, 4.69) is 5.32 Å². The molecule has 5 nitrogen and oxygen atoms in total. The highest BCUT2D eigenvalue weighted by Crippen LogP contribution is 2.17. The normalized spacial score (nSPS) is 18.6. The number of nitrogens with zero attached hydrogens (tertiary/aromatic N) is 1. The van der Waals surface area contributed by atoms with Crippen molar-refractivity contribution in [3.8, 4) is 0 Å². The molecule has 5 heteroatoms. The number of amides is 2. The van der Waals surface area contributed by atoms with Crippen molar-refractivity contribution in [1.82, 2.24) is 10.2 Å². The van der Waals surface area contributed by atoms with Crippen LogP contribution in [0.1, 0.15) is 30.4 Å². The van der Waals surface area contributed by atoms with Crippen LogP contribution in [0.4, 0.5) is 0 Å². The molecule has 0 aromatic heterocycles. The lowest BCUT2D eigenvalue weighted by Gasteiger charge is -2.31. The zero-order valence-corrected chi connectivity index (χ0v) is 15.5. The fraction of sp³-hybridized carbons (Fsp3) is 0.364. The van der Waals surface area contributed by atoms with E-state index in [9.17, 15) is 9.59 Å². The smallest absolute Gasteiger partial charge is 0.243 e. The number of hydrogen-bond acceptors (Lipinski definition) is 3. The second-order valence-electron chi connectivity index (χ2n) is 7.04. The van der Waals surface area contributed by atoms with Crippen LogP contribution in [0.15, 0.2) is 60.7 Å². The van der Waals surface area contributed by atoms with Gasteiger partial charge >= 0.3 is 0 Å². The fourth-order valence-electron chi connectivity index (χ4n) is 3.49. The van der Waals surface area contributed by atoms with Gasteiger partial charge in [-0.25, -0.2) is 0 Å². The molecule has 0 saturated carbocycles. The number of nitrogens with two attached hydrogens (primary N) is 1. The van der Waals surface area contributed by atoms with Crippen molar-refractivity contribution < 1.29 is 9.59 Å². The Morgan fingerprint density at radius 1 is 1.04 bits per heavy atom. The minimum atomic E-state index is -0.548. The first kappa shape index (κ1) is 19.1. The first-order chi connectivity index (χ1) is 13.1. The Morgan fingerprint density at radius 3 is 2.33 bits per heavy atom. The van der Waals surface area contributed by atoms with E-state index in [0.717, 1.165) is 24.0 Å². The third kappa shape index (κ3) is 5.17. The summed E-state index contributed by atoms with van der Waals surface area (Å²) >= 11 is 0. The largest absolute Gasteiger partial charge is 0.350 e. The van der Waals surface area contributed by atoms with Gasteiger partial charge in [0.2, 0.25) is 11.8 Å². The Bertz CT molecular complexity index is 749. The number of rotatable bonds is 6. The molecule has 0 spiro atoms. The molecule has 1 aliphatic rings. The zero-order chi connectivity index (χ0) is 19.1. The van der Waals surface area contributed by atoms with Crippen LogP contribution in [-0.2, 0) is 22.6 Å². The van der Waals surface area contributed by atoms with Gasteiger partial charge in [-0.3, -0.25) is 9.59 Å². The average molecular weight is 365 g/mol. The summed E-state index contributed by atoms with van der Waals surface area (Å²) in [5.74, 6) is -0.256. The van der Waals surface area contributed by atoms with Crippen molar-refractivity contribution >= 4 is 11.8 Å². The number of benzene rings is 2. The Balaban J connectivity index is 1.77. The molecular weight excluding hydrogens is 338 g/mol. The van der Waals surface area contributed by atoms with Gasteiger partial charge in [0.1, 0.15) is 6.04 Å². The summed E-state index contributed by atoms with van der Waals surface area (Å²) in [6.45, 7) is 1.02. The van der Waals surface area contributed by atoms with E-state index in [-0.39, 0.29) is 11.8 Å². The van der Waals surface area contributed by atoms with E-state index in [0.29, 0.717) is 25.9 Å². The summed E-state index contributed by atoms with van der Waals surface area (Å²) in [5, 5.41) is 3.00. The van der Waals surface area contributed by atoms with E-state index in [1.807, 2.05) is 60.7 Å². The van der Waals surface area contributed by atoms with Crippen molar-refractivity contribution in [2.75, 3.05) is 6.54 Å². The minimum absolute atomic E-state index is 0.122. The Hall–Kier alpha value is -2.66. The second-order valence-corrected chi connectivity index (χ2v) is 7.04. The molecule has 2 aromatic carbocycles. The minimum Gasteiger partial charge on any atom is -0.350 e. The lowest BCUT2D eigenvalue weighted by molar-refractivity contribution is -0.141. The standard InChI is InChI=1S/C22H27N3O2/c23-19-13-7-8-14-25(22(19)27)20(15-17-9-3-1-4-10-17)21(26)24-16-18-11-5-2-6-12-18/h1-6,9-12,19-20H,7-8,13-16,23H2,(H,24,26)/t19-,20+/m0/s1. The molecule has 0 aliphatic carbocycles. The lowest BCUT2D eigenvalue weighted by atomic mass is 10.0. The molecule has 3 rings (SSSR count). The molecule has 2 atom stereocenters. The van der Waals surface area contributed by atoms with Crippen LogP contribution in [0.5, 0.6) is 0 Å². The molecule has 2 amide bonds. The van der Waals surface area contributed by atoms with Gasteiger partial charge in [0.05, 0.1) is 6.04 Å². The molecule has 3 N–H and O–H groups in total. The van der Waals surface area contributed by atoms with Gasteiger partial charge in [0.15, 0.2) is 0 Å². The molecule has 0 bridgehead atoms. The van der Waals surface area contributed by atoms with Crippen LogP contribution >= 0.6 is 0 Å². The number of carbonyl (C=O) groups is 2. The van der Waals surface area contributed by atoms with Crippen LogP contribution < -0.4 is 11.1 Å². The quantitative estimate of drug-likeness (QED) is 0.824. The van der Waals surface area contributed by atoms with Crippen molar-refractivity contribution in [1.29, 1.82) is 0 Å². The van der Waals surface area contributed by atoms with Crippen molar-refractivity contribution in [2.45, 2.75) is 44.3 Å². The van der Waals surface area contributed by atoms with Gasteiger partial charge in [-0.1, -0.05) is 60.7 Å². The molecule has 1 heterocycles. The van der Waals surface area contributed by atoms with Gasteiger partial charge in [-0.15, -0.1) is 0 Å². The van der Waals surface area contributed by atoms with Gasteiger partial charge < -0.3 is 16.0 Å². The highest BCUT2D eigenvalue weighted by Gasteiger charge is 2.33. The van der Waals surface area contributed by atoms with E-state index >= 15 is 0 Å². The SMILES string of the molecule is N[C@H]1CCCCN([C@H](Cc2ccccc2)C(=O)NCc2ccccc2)C1=O. The van der Waals surface area contributed by atoms with Crippen LogP contribution in [0.3, 0.4) is 0 Å². The maximum absolute atomic E-state index is 13.0. The third-order valence-electron chi connectivity index (χ3n) is 5.02. The molecule has 27 heavy (non-hydrogen) atoms. The van der Waals surface area contributed by atoms with Crippen LogP contribution in [0, 0.1) is 0 Å². The maximum atomic E-state index is 13.0.